The molecule has 1 nitrogen and oxygen atoms in total. The summed E-state index contributed by atoms with van der Waals surface area (Å²) in [5.41, 5.74) is 13.0. The summed E-state index contributed by atoms with van der Waals surface area (Å²) < 4.78 is 0. The average molecular weight is 600 g/mol. The zero-order chi connectivity index (χ0) is 31.4. The Bertz CT molecular complexity index is 2290. The van der Waals surface area contributed by atoms with Gasteiger partial charge in [0.25, 0.3) is 0 Å². The molecule has 0 heterocycles. The topological polar surface area (TPSA) is 3.24 Å². The minimum atomic E-state index is 1.11. The van der Waals surface area contributed by atoms with E-state index in [-0.39, 0.29) is 0 Å². The van der Waals surface area contributed by atoms with Crippen molar-refractivity contribution < 1.29 is 0 Å². The number of rotatable bonds is 7. The first kappa shape index (κ1) is 28.3. The van der Waals surface area contributed by atoms with Crippen molar-refractivity contribution in [2.24, 2.45) is 0 Å². The number of benzene rings is 8. The number of anilines is 3. The molecule has 0 saturated heterocycles. The fraction of sp³-hybridized carbons (Fsp3) is 0. The Kier molecular flexibility index (Phi) is 7.63. The predicted octanol–water partition coefficient (Wildman–Crippen LogP) is 13.0. The number of hydrogen-bond acceptors (Lipinski definition) is 1. The molecule has 0 radical (unpaired) electrons. The quantitative estimate of drug-likeness (QED) is 0.176. The van der Waals surface area contributed by atoms with E-state index >= 15 is 0 Å². The van der Waals surface area contributed by atoms with Crippen LogP contribution in [0.3, 0.4) is 0 Å². The molecule has 0 bridgehead atoms. The van der Waals surface area contributed by atoms with E-state index in [1.807, 2.05) is 0 Å². The first-order valence-electron chi connectivity index (χ1n) is 16.1. The fourth-order valence-electron chi connectivity index (χ4n) is 6.46. The third-order valence-electron chi connectivity index (χ3n) is 8.84. The largest absolute Gasteiger partial charge is 0.310 e. The van der Waals surface area contributed by atoms with E-state index in [2.05, 4.69) is 205 Å². The van der Waals surface area contributed by atoms with Gasteiger partial charge < -0.3 is 4.90 Å². The van der Waals surface area contributed by atoms with Crippen LogP contribution in [-0.2, 0) is 0 Å². The van der Waals surface area contributed by atoms with Crippen LogP contribution in [0, 0.1) is 0 Å². The van der Waals surface area contributed by atoms with Crippen LogP contribution in [0.15, 0.2) is 200 Å². The highest BCUT2D eigenvalue weighted by molar-refractivity contribution is 5.90. The lowest BCUT2D eigenvalue weighted by molar-refractivity contribution is 1.28. The monoisotopic (exact) mass is 599 g/mol. The van der Waals surface area contributed by atoms with Gasteiger partial charge >= 0.3 is 0 Å². The van der Waals surface area contributed by atoms with Crippen LogP contribution >= 0.6 is 0 Å². The van der Waals surface area contributed by atoms with Gasteiger partial charge in [-0.1, -0.05) is 152 Å². The van der Waals surface area contributed by atoms with Gasteiger partial charge in [0.15, 0.2) is 0 Å². The van der Waals surface area contributed by atoms with Crippen LogP contribution in [0.1, 0.15) is 0 Å². The molecule has 0 atom stereocenters. The number of fused-ring (bicyclic) bond motifs is 1. The summed E-state index contributed by atoms with van der Waals surface area (Å²) in [7, 11) is 0. The minimum absolute atomic E-state index is 1.11. The summed E-state index contributed by atoms with van der Waals surface area (Å²) in [5, 5.41) is 2.52. The second kappa shape index (κ2) is 12.7. The average Bonchev–Trinajstić information content (AvgIpc) is 3.16. The van der Waals surface area contributed by atoms with Crippen LogP contribution in [0.5, 0.6) is 0 Å². The predicted molar refractivity (Wildman–Crippen MR) is 200 cm³/mol. The van der Waals surface area contributed by atoms with Gasteiger partial charge in [0.05, 0.1) is 5.69 Å². The molecule has 222 valence electrons. The van der Waals surface area contributed by atoms with Crippen molar-refractivity contribution in [1.82, 2.24) is 0 Å². The Balaban J connectivity index is 1.17. The first-order chi connectivity index (χ1) is 23.3. The number of para-hydroxylation sites is 2. The van der Waals surface area contributed by atoms with E-state index in [0.717, 1.165) is 17.1 Å². The molecule has 1 heteroatoms. The lowest BCUT2D eigenvalue weighted by atomic mass is 9.96. The van der Waals surface area contributed by atoms with Gasteiger partial charge in [-0.2, -0.15) is 0 Å². The van der Waals surface area contributed by atoms with Crippen molar-refractivity contribution in [1.29, 1.82) is 0 Å². The first-order valence-corrected chi connectivity index (χ1v) is 16.1. The Morgan fingerprint density at radius 3 is 1.47 bits per heavy atom. The van der Waals surface area contributed by atoms with E-state index in [1.165, 1.54) is 55.3 Å². The maximum atomic E-state index is 2.36. The highest BCUT2D eigenvalue weighted by Crippen LogP contribution is 2.42. The number of nitrogens with zero attached hydrogens (tertiary/aromatic N) is 1. The molecule has 0 unspecified atom stereocenters. The van der Waals surface area contributed by atoms with Crippen LogP contribution in [-0.4, -0.2) is 0 Å². The normalized spacial score (nSPS) is 11.0. The molecule has 0 amide bonds. The van der Waals surface area contributed by atoms with Gasteiger partial charge in [-0.05, 0) is 98.2 Å². The Morgan fingerprint density at radius 2 is 0.723 bits per heavy atom. The molecule has 0 saturated carbocycles. The van der Waals surface area contributed by atoms with Gasteiger partial charge in [-0.15, -0.1) is 0 Å². The highest BCUT2D eigenvalue weighted by atomic mass is 15.1. The van der Waals surface area contributed by atoms with Crippen molar-refractivity contribution in [2.45, 2.75) is 0 Å². The lowest BCUT2D eigenvalue weighted by Crippen LogP contribution is -2.11. The molecule has 0 fully saturated rings. The molecule has 0 spiro atoms. The van der Waals surface area contributed by atoms with E-state index < -0.39 is 0 Å². The smallest absolute Gasteiger partial charge is 0.0540 e. The minimum Gasteiger partial charge on any atom is -0.310 e. The van der Waals surface area contributed by atoms with E-state index in [4.69, 9.17) is 0 Å². The van der Waals surface area contributed by atoms with Crippen LogP contribution in [0.25, 0.3) is 55.3 Å². The summed E-state index contributed by atoms with van der Waals surface area (Å²) in [6.07, 6.45) is 0. The zero-order valence-corrected chi connectivity index (χ0v) is 26.0. The molecule has 0 aliphatic rings. The van der Waals surface area contributed by atoms with Gasteiger partial charge in [-0.25, -0.2) is 0 Å². The molecule has 0 N–H and O–H groups in total. The number of hydrogen-bond donors (Lipinski definition) is 0. The molecular weight excluding hydrogens is 567 g/mol. The van der Waals surface area contributed by atoms with Crippen molar-refractivity contribution >= 4 is 27.8 Å². The molecule has 47 heavy (non-hydrogen) atoms. The molecule has 8 rings (SSSR count). The van der Waals surface area contributed by atoms with Crippen LogP contribution in [0.4, 0.5) is 17.1 Å². The van der Waals surface area contributed by atoms with Crippen molar-refractivity contribution in [3.8, 4) is 44.5 Å². The van der Waals surface area contributed by atoms with Crippen molar-refractivity contribution in [2.75, 3.05) is 4.90 Å². The Morgan fingerprint density at radius 1 is 0.255 bits per heavy atom. The van der Waals surface area contributed by atoms with Crippen LogP contribution in [0.2, 0.25) is 0 Å². The summed E-state index contributed by atoms with van der Waals surface area (Å²) in [5.74, 6) is 0. The molecule has 0 aliphatic heterocycles. The van der Waals surface area contributed by atoms with Crippen molar-refractivity contribution in [3.05, 3.63) is 200 Å². The molecular formula is C46H33N. The molecule has 0 aliphatic carbocycles. The lowest BCUT2D eigenvalue weighted by Gasteiger charge is -2.28. The molecule has 0 aromatic heterocycles. The Hall–Kier alpha value is -6.18. The summed E-state index contributed by atoms with van der Waals surface area (Å²) in [6, 6.07) is 71.8. The summed E-state index contributed by atoms with van der Waals surface area (Å²) in [4.78, 5) is 2.36. The zero-order valence-electron chi connectivity index (χ0n) is 26.0. The highest BCUT2D eigenvalue weighted by Gasteiger charge is 2.17. The van der Waals surface area contributed by atoms with Gasteiger partial charge in [0.2, 0.25) is 0 Å². The van der Waals surface area contributed by atoms with E-state index in [9.17, 15) is 0 Å². The fourth-order valence-corrected chi connectivity index (χ4v) is 6.46. The van der Waals surface area contributed by atoms with Crippen LogP contribution < -0.4 is 4.90 Å². The third-order valence-corrected chi connectivity index (χ3v) is 8.84. The summed E-state index contributed by atoms with van der Waals surface area (Å²) in [6.45, 7) is 0. The second-order valence-electron chi connectivity index (χ2n) is 11.8. The van der Waals surface area contributed by atoms with Crippen molar-refractivity contribution in [3.63, 3.8) is 0 Å². The standard InChI is InChI=1S/C46H33N/c1-3-13-34(14-4-1)39-18-12-20-42(33-39)45-23-9-10-24-46(45)47(43-21-5-2-6-22-43)44-29-27-36(28-30-44)38-17-11-19-40(31-38)41-26-25-35-15-7-8-16-37(35)32-41/h1-33H. The SMILES string of the molecule is c1ccc(-c2cccc(-c3ccccc3N(c3ccccc3)c3ccc(-c4cccc(-c5ccc6ccccc6c5)c4)cc3)c2)cc1. The third kappa shape index (κ3) is 5.83. The maximum absolute atomic E-state index is 2.36. The van der Waals surface area contributed by atoms with Gasteiger partial charge in [0.1, 0.15) is 0 Å². The van der Waals surface area contributed by atoms with E-state index in [0.29, 0.717) is 0 Å². The van der Waals surface area contributed by atoms with Gasteiger partial charge in [0, 0.05) is 16.9 Å². The van der Waals surface area contributed by atoms with Gasteiger partial charge in [-0.3, -0.25) is 0 Å². The van der Waals surface area contributed by atoms with E-state index in [1.54, 1.807) is 0 Å². The summed E-state index contributed by atoms with van der Waals surface area (Å²) >= 11 is 0. The Labute approximate surface area is 276 Å². The molecule has 8 aromatic carbocycles. The molecule has 8 aromatic rings. The second-order valence-corrected chi connectivity index (χ2v) is 11.8. The maximum Gasteiger partial charge on any atom is 0.0540 e.